The molecule has 130 valence electrons. The number of nitrogens with one attached hydrogen (secondary N) is 1. The molecule has 0 amide bonds. The predicted molar refractivity (Wildman–Crippen MR) is 99.5 cm³/mol. The van der Waals surface area contributed by atoms with Crippen LogP contribution in [0.2, 0.25) is 0 Å². The molecule has 0 radical (unpaired) electrons. The van der Waals surface area contributed by atoms with Crippen LogP contribution in [0.1, 0.15) is 16.7 Å². The first-order chi connectivity index (χ1) is 12.7. The average molecular weight is 345 g/mol. The van der Waals surface area contributed by atoms with Crippen molar-refractivity contribution < 1.29 is 0 Å². The van der Waals surface area contributed by atoms with Crippen LogP contribution in [0, 0.1) is 13.8 Å². The van der Waals surface area contributed by atoms with Crippen molar-refractivity contribution in [1.29, 1.82) is 0 Å². The number of hydrogen-bond acceptors (Lipinski definition) is 5. The number of rotatable bonds is 5. The first-order valence-electron chi connectivity index (χ1n) is 8.35. The van der Waals surface area contributed by atoms with Crippen LogP contribution >= 0.6 is 0 Å². The Labute approximate surface area is 151 Å². The fourth-order valence-corrected chi connectivity index (χ4v) is 2.88. The van der Waals surface area contributed by atoms with Gasteiger partial charge in [0.25, 0.3) is 0 Å². The molecule has 3 aromatic heterocycles. The van der Waals surface area contributed by atoms with Gasteiger partial charge in [-0.25, -0.2) is 14.3 Å². The Morgan fingerprint density at radius 1 is 0.962 bits per heavy atom. The Hall–Kier alpha value is -3.48. The highest BCUT2D eigenvalue weighted by molar-refractivity contribution is 5.59. The van der Waals surface area contributed by atoms with Crippen LogP contribution in [0.4, 0.5) is 5.69 Å². The highest BCUT2D eigenvalue weighted by Gasteiger charge is 2.07. The van der Waals surface area contributed by atoms with Crippen molar-refractivity contribution in [3.05, 3.63) is 78.4 Å². The van der Waals surface area contributed by atoms with E-state index in [1.165, 1.54) is 11.9 Å². The van der Waals surface area contributed by atoms with Gasteiger partial charge in [0, 0.05) is 18.9 Å². The molecule has 0 aliphatic rings. The SMILES string of the molecule is Cc1cnn(-c2ccncc2NCc2ccc(-n3cncn3)c(C)c2)c1. The summed E-state index contributed by atoms with van der Waals surface area (Å²) in [5, 5.41) is 12.0. The Morgan fingerprint density at radius 2 is 1.88 bits per heavy atom. The minimum absolute atomic E-state index is 0.692. The zero-order chi connectivity index (χ0) is 17.9. The maximum Gasteiger partial charge on any atom is 0.138 e. The summed E-state index contributed by atoms with van der Waals surface area (Å²) < 4.78 is 3.63. The van der Waals surface area contributed by atoms with Gasteiger partial charge in [-0.05, 0) is 42.7 Å². The zero-order valence-electron chi connectivity index (χ0n) is 14.7. The average Bonchev–Trinajstić information content (AvgIpc) is 3.32. The summed E-state index contributed by atoms with van der Waals surface area (Å²) in [6, 6.07) is 8.25. The molecule has 3 heterocycles. The van der Waals surface area contributed by atoms with E-state index < -0.39 is 0 Å². The van der Waals surface area contributed by atoms with Crippen LogP contribution in [0.25, 0.3) is 11.4 Å². The fraction of sp³-hybridized carbons (Fsp3) is 0.158. The van der Waals surface area contributed by atoms with Crippen molar-refractivity contribution in [2.45, 2.75) is 20.4 Å². The molecule has 0 aliphatic carbocycles. The topological polar surface area (TPSA) is 73.5 Å². The summed E-state index contributed by atoms with van der Waals surface area (Å²) in [5.74, 6) is 0. The molecular weight excluding hydrogens is 326 g/mol. The summed E-state index contributed by atoms with van der Waals surface area (Å²) in [5.41, 5.74) is 6.38. The van der Waals surface area contributed by atoms with Crippen LogP contribution in [-0.2, 0) is 6.54 Å². The minimum atomic E-state index is 0.692. The summed E-state index contributed by atoms with van der Waals surface area (Å²) in [6.07, 6.45) is 10.7. The standard InChI is InChI=1S/C19H19N7/c1-14-8-23-25(11-14)19-5-6-20-10-17(19)22-9-16-3-4-18(15(2)7-16)26-13-21-12-24-26/h3-8,10-13,22H,9H2,1-2H3. The van der Waals surface area contributed by atoms with Gasteiger partial charge < -0.3 is 5.32 Å². The number of aromatic nitrogens is 6. The van der Waals surface area contributed by atoms with Gasteiger partial charge in [-0.2, -0.15) is 10.2 Å². The number of benzene rings is 1. The van der Waals surface area contributed by atoms with Gasteiger partial charge >= 0.3 is 0 Å². The van der Waals surface area contributed by atoms with Gasteiger partial charge in [-0.1, -0.05) is 12.1 Å². The molecule has 0 atom stereocenters. The number of aryl methyl sites for hydroxylation is 2. The summed E-state index contributed by atoms with van der Waals surface area (Å²) in [4.78, 5) is 8.24. The van der Waals surface area contributed by atoms with Crippen molar-refractivity contribution in [2.24, 2.45) is 0 Å². The van der Waals surface area contributed by atoms with E-state index in [0.717, 1.165) is 28.2 Å². The quantitative estimate of drug-likeness (QED) is 0.602. The molecule has 7 heteroatoms. The summed E-state index contributed by atoms with van der Waals surface area (Å²) in [6.45, 7) is 4.79. The lowest BCUT2D eigenvalue weighted by atomic mass is 10.1. The number of anilines is 1. The molecule has 4 aromatic rings. The van der Waals surface area contributed by atoms with E-state index in [2.05, 4.69) is 50.6 Å². The molecule has 0 unspecified atom stereocenters. The molecule has 1 aromatic carbocycles. The van der Waals surface area contributed by atoms with E-state index in [4.69, 9.17) is 0 Å². The van der Waals surface area contributed by atoms with E-state index in [-0.39, 0.29) is 0 Å². The predicted octanol–water partition coefficient (Wildman–Crippen LogP) is 3.08. The monoisotopic (exact) mass is 345 g/mol. The molecule has 4 rings (SSSR count). The second-order valence-electron chi connectivity index (χ2n) is 6.17. The second kappa shape index (κ2) is 6.79. The smallest absolute Gasteiger partial charge is 0.138 e. The van der Waals surface area contributed by atoms with Crippen molar-refractivity contribution in [2.75, 3.05) is 5.32 Å². The second-order valence-corrected chi connectivity index (χ2v) is 6.17. The lowest BCUT2D eigenvalue weighted by molar-refractivity contribution is 0.868. The van der Waals surface area contributed by atoms with Crippen molar-refractivity contribution in [3.63, 3.8) is 0 Å². The third-order valence-electron chi connectivity index (χ3n) is 4.17. The van der Waals surface area contributed by atoms with E-state index in [1.54, 1.807) is 17.2 Å². The summed E-state index contributed by atoms with van der Waals surface area (Å²) >= 11 is 0. The zero-order valence-corrected chi connectivity index (χ0v) is 14.7. The van der Waals surface area contributed by atoms with Gasteiger partial charge in [0.2, 0.25) is 0 Å². The maximum absolute atomic E-state index is 4.39. The van der Waals surface area contributed by atoms with E-state index >= 15 is 0 Å². The van der Waals surface area contributed by atoms with Crippen molar-refractivity contribution in [3.8, 4) is 11.4 Å². The van der Waals surface area contributed by atoms with Crippen LogP contribution in [0.15, 0.2) is 61.7 Å². The molecule has 26 heavy (non-hydrogen) atoms. The molecule has 0 bridgehead atoms. The Bertz CT molecular complexity index is 1020. The minimum Gasteiger partial charge on any atom is -0.378 e. The molecule has 0 spiro atoms. The highest BCUT2D eigenvalue weighted by Crippen LogP contribution is 2.20. The first kappa shape index (κ1) is 16.0. The van der Waals surface area contributed by atoms with Crippen molar-refractivity contribution in [1.82, 2.24) is 29.5 Å². The molecule has 7 nitrogen and oxygen atoms in total. The van der Waals surface area contributed by atoms with Gasteiger partial charge in [0.15, 0.2) is 0 Å². The van der Waals surface area contributed by atoms with Gasteiger partial charge in [0.1, 0.15) is 12.7 Å². The van der Waals surface area contributed by atoms with Crippen molar-refractivity contribution >= 4 is 5.69 Å². The van der Waals surface area contributed by atoms with Crippen LogP contribution in [-0.4, -0.2) is 29.5 Å². The van der Waals surface area contributed by atoms with E-state index in [0.29, 0.717) is 6.54 Å². The van der Waals surface area contributed by atoms with Gasteiger partial charge in [-0.3, -0.25) is 4.98 Å². The maximum atomic E-state index is 4.39. The third kappa shape index (κ3) is 3.19. The number of hydrogen-bond donors (Lipinski definition) is 1. The van der Waals surface area contributed by atoms with Gasteiger partial charge in [-0.15, -0.1) is 0 Å². The number of nitrogens with zero attached hydrogens (tertiary/aromatic N) is 6. The molecule has 1 N–H and O–H groups in total. The van der Waals surface area contributed by atoms with Crippen LogP contribution < -0.4 is 5.32 Å². The molecule has 0 saturated heterocycles. The molecule has 0 aliphatic heterocycles. The Kier molecular flexibility index (Phi) is 4.18. The van der Waals surface area contributed by atoms with Gasteiger partial charge in [0.05, 0.1) is 29.5 Å². The lowest BCUT2D eigenvalue weighted by Crippen LogP contribution is -2.06. The third-order valence-corrected chi connectivity index (χ3v) is 4.17. The Morgan fingerprint density at radius 3 is 2.62 bits per heavy atom. The first-order valence-corrected chi connectivity index (χ1v) is 8.35. The lowest BCUT2D eigenvalue weighted by Gasteiger charge is -2.13. The summed E-state index contributed by atoms with van der Waals surface area (Å²) in [7, 11) is 0. The highest BCUT2D eigenvalue weighted by atomic mass is 15.3. The molecule has 0 saturated carbocycles. The normalized spacial score (nSPS) is 10.8. The number of pyridine rings is 1. The largest absolute Gasteiger partial charge is 0.378 e. The van der Waals surface area contributed by atoms with E-state index in [9.17, 15) is 0 Å². The van der Waals surface area contributed by atoms with Crippen LogP contribution in [0.5, 0.6) is 0 Å². The molecular formula is C19H19N7. The van der Waals surface area contributed by atoms with Crippen LogP contribution in [0.3, 0.4) is 0 Å². The van der Waals surface area contributed by atoms with E-state index in [1.807, 2.05) is 36.3 Å². The fourth-order valence-electron chi connectivity index (χ4n) is 2.88. The Balaban J connectivity index is 1.54. The molecule has 0 fully saturated rings.